The van der Waals surface area contributed by atoms with Crippen LogP contribution in [0.1, 0.15) is 18.2 Å². The average Bonchev–Trinajstić information content (AvgIpc) is 2.58. The maximum atomic E-state index is 14.0. The van der Waals surface area contributed by atoms with Crippen molar-refractivity contribution in [3.05, 3.63) is 47.4 Å². The van der Waals surface area contributed by atoms with Crippen molar-refractivity contribution >= 4 is 23.1 Å². The van der Waals surface area contributed by atoms with Gasteiger partial charge in [-0.25, -0.2) is 18.7 Å². The van der Waals surface area contributed by atoms with Crippen molar-refractivity contribution < 1.29 is 13.5 Å². The van der Waals surface area contributed by atoms with Gasteiger partial charge in [-0.15, -0.1) is 0 Å². The summed E-state index contributed by atoms with van der Waals surface area (Å²) in [4.78, 5) is 7.79. The zero-order valence-electron chi connectivity index (χ0n) is 13.3. The van der Waals surface area contributed by atoms with Gasteiger partial charge in [-0.2, -0.15) is 5.26 Å². The zero-order chi connectivity index (χ0) is 18.2. The minimum Gasteiger partial charge on any atom is -0.494 e. The van der Waals surface area contributed by atoms with Crippen LogP contribution in [0.3, 0.4) is 0 Å². The summed E-state index contributed by atoms with van der Waals surface area (Å²) in [6, 6.07) is 4.18. The van der Waals surface area contributed by atoms with Crippen molar-refractivity contribution in [3.8, 4) is 11.8 Å². The largest absolute Gasteiger partial charge is 0.494 e. The third-order valence-corrected chi connectivity index (χ3v) is 3.37. The van der Waals surface area contributed by atoms with Gasteiger partial charge in [0.15, 0.2) is 16.6 Å². The minimum atomic E-state index is -0.676. The molecular formula is C16H15F2N5OS. The molecule has 2 rings (SSSR count). The van der Waals surface area contributed by atoms with Crippen LogP contribution in [-0.4, -0.2) is 28.2 Å². The first-order valence-corrected chi connectivity index (χ1v) is 7.82. The molecule has 0 radical (unpaired) electrons. The van der Waals surface area contributed by atoms with Gasteiger partial charge in [0.1, 0.15) is 23.5 Å². The van der Waals surface area contributed by atoms with Gasteiger partial charge in [0.25, 0.3) is 0 Å². The highest BCUT2D eigenvalue weighted by molar-refractivity contribution is 7.80. The van der Waals surface area contributed by atoms with Crippen molar-refractivity contribution in [2.24, 2.45) is 0 Å². The molecule has 0 aliphatic heterocycles. The molecule has 0 unspecified atom stereocenters. The van der Waals surface area contributed by atoms with Gasteiger partial charge in [0, 0.05) is 36.6 Å². The summed E-state index contributed by atoms with van der Waals surface area (Å²) in [6.07, 6.45) is 2.88. The van der Waals surface area contributed by atoms with E-state index in [0.717, 1.165) is 12.1 Å². The van der Waals surface area contributed by atoms with Crippen LogP contribution >= 0.6 is 12.2 Å². The monoisotopic (exact) mass is 363 g/mol. The minimum absolute atomic E-state index is 0.0593. The Labute approximate surface area is 148 Å². The van der Waals surface area contributed by atoms with E-state index in [2.05, 4.69) is 20.6 Å². The van der Waals surface area contributed by atoms with Crippen molar-refractivity contribution in [1.82, 2.24) is 15.3 Å². The van der Waals surface area contributed by atoms with Gasteiger partial charge in [0.2, 0.25) is 0 Å². The molecule has 0 atom stereocenters. The molecule has 0 saturated carbocycles. The summed E-state index contributed by atoms with van der Waals surface area (Å²) in [7, 11) is 0. The lowest BCUT2D eigenvalue weighted by Crippen LogP contribution is -2.31. The quantitative estimate of drug-likeness (QED) is 0.763. The number of aromatic nitrogens is 2. The van der Waals surface area contributed by atoms with Gasteiger partial charge in [-0.05, 0) is 25.6 Å². The van der Waals surface area contributed by atoms with Crippen LogP contribution in [0.15, 0.2) is 24.5 Å². The van der Waals surface area contributed by atoms with Crippen LogP contribution in [-0.2, 0) is 6.42 Å². The number of thiocarbonyl (C=S) groups is 1. The first-order valence-electron chi connectivity index (χ1n) is 7.41. The highest BCUT2D eigenvalue weighted by Gasteiger charge is 2.12. The molecule has 130 valence electrons. The molecule has 0 amide bonds. The van der Waals surface area contributed by atoms with E-state index in [1.807, 2.05) is 6.07 Å². The molecule has 0 spiro atoms. The van der Waals surface area contributed by atoms with Gasteiger partial charge in [-0.3, -0.25) is 0 Å². The molecule has 0 aliphatic carbocycles. The van der Waals surface area contributed by atoms with Crippen LogP contribution in [0.2, 0.25) is 0 Å². The predicted octanol–water partition coefficient (Wildman–Crippen LogP) is 2.55. The molecule has 0 fully saturated rings. The number of anilines is 1. The Morgan fingerprint density at radius 2 is 1.96 bits per heavy atom. The lowest BCUT2D eigenvalue weighted by molar-refractivity contribution is 0.335. The van der Waals surface area contributed by atoms with Gasteiger partial charge < -0.3 is 15.4 Å². The van der Waals surface area contributed by atoms with Crippen LogP contribution in [0.25, 0.3) is 0 Å². The summed E-state index contributed by atoms with van der Waals surface area (Å²) >= 11 is 5.07. The smallest absolute Gasteiger partial charge is 0.183 e. The number of rotatable bonds is 6. The SMILES string of the molecule is CCOc1cc(F)c(CCNC(=S)Nc2nccnc2C#N)c(F)c1. The molecule has 9 heteroatoms. The van der Waals surface area contributed by atoms with Crippen molar-refractivity contribution in [1.29, 1.82) is 5.26 Å². The van der Waals surface area contributed by atoms with Crippen molar-refractivity contribution in [3.63, 3.8) is 0 Å². The van der Waals surface area contributed by atoms with E-state index in [-0.39, 0.29) is 40.9 Å². The molecular weight excluding hydrogens is 348 g/mol. The van der Waals surface area contributed by atoms with E-state index in [4.69, 9.17) is 22.2 Å². The molecule has 0 bridgehead atoms. The van der Waals surface area contributed by atoms with Crippen LogP contribution < -0.4 is 15.4 Å². The molecule has 0 aliphatic rings. The summed E-state index contributed by atoms with van der Waals surface area (Å²) in [5, 5.41) is 14.6. The number of hydrogen-bond donors (Lipinski definition) is 2. The Morgan fingerprint density at radius 3 is 2.60 bits per heavy atom. The first-order chi connectivity index (χ1) is 12.0. The van der Waals surface area contributed by atoms with E-state index in [1.54, 1.807) is 6.92 Å². The Morgan fingerprint density at radius 1 is 1.28 bits per heavy atom. The summed E-state index contributed by atoms with van der Waals surface area (Å²) in [6.45, 7) is 2.25. The molecule has 6 nitrogen and oxygen atoms in total. The lowest BCUT2D eigenvalue weighted by Gasteiger charge is -2.12. The first kappa shape index (κ1) is 18.5. The second kappa shape index (κ2) is 8.84. The predicted molar refractivity (Wildman–Crippen MR) is 92.2 cm³/mol. The highest BCUT2D eigenvalue weighted by atomic mass is 32.1. The van der Waals surface area contributed by atoms with Crippen LogP contribution in [0.4, 0.5) is 14.6 Å². The number of benzene rings is 1. The number of ether oxygens (including phenoxy) is 1. The van der Waals surface area contributed by atoms with Gasteiger partial charge in [0.05, 0.1) is 6.61 Å². The molecule has 1 aromatic carbocycles. The van der Waals surface area contributed by atoms with Gasteiger partial charge in [-0.1, -0.05) is 0 Å². The maximum absolute atomic E-state index is 14.0. The number of hydrogen-bond acceptors (Lipinski definition) is 5. The molecule has 1 heterocycles. The second-order valence-electron chi connectivity index (χ2n) is 4.79. The van der Waals surface area contributed by atoms with Crippen molar-refractivity contribution in [2.45, 2.75) is 13.3 Å². The summed E-state index contributed by atoms with van der Waals surface area (Å²) < 4.78 is 33.0. The molecule has 2 aromatic rings. The highest BCUT2D eigenvalue weighted by Crippen LogP contribution is 2.21. The lowest BCUT2D eigenvalue weighted by atomic mass is 10.1. The van der Waals surface area contributed by atoms with E-state index in [1.165, 1.54) is 12.4 Å². The summed E-state index contributed by atoms with van der Waals surface area (Å²) in [5.74, 6) is -0.992. The van der Waals surface area contributed by atoms with Crippen LogP contribution in [0, 0.1) is 23.0 Å². The fraction of sp³-hybridized carbons (Fsp3) is 0.250. The van der Waals surface area contributed by atoms with E-state index >= 15 is 0 Å². The molecule has 1 aromatic heterocycles. The van der Waals surface area contributed by atoms with Crippen molar-refractivity contribution in [2.75, 3.05) is 18.5 Å². The fourth-order valence-corrected chi connectivity index (χ4v) is 2.23. The van der Waals surface area contributed by atoms with Crippen LogP contribution in [0.5, 0.6) is 5.75 Å². The standard InChI is InChI=1S/C16H15F2N5OS/c1-2-24-10-7-12(17)11(13(18)8-10)3-4-22-16(25)23-15-14(9-19)20-5-6-21-15/h5-8H,2-4H2,1H3,(H2,21,22,23,25). The number of nitrogens with zero attached hydrogens (tertiary/aromatic N) is 3. The van der Waals surface area contributed by atoms with E-state index in [9.17, 15) is 8.78 Å². The third-order valence-electron chi connectivity index (χ3n) is 3.12. The average molecular weight is 363 g/mol. The zero-order valence-corrected chi connectivity index (χ0v) is 14.2. The summed E-state index contributed by atoms with van der Waals surface area (Å²) in [5.41, 5.74) is 0.0335. The Bertz CT molecular complexity index is 786. The molecule has 25 heavy (non-hydrogen) atoms. The van der Waals surface area contributed by atoms with Gasteiger partial charge >= 0.3 is 0 Å². The topological polar surface area (TPSA) is 82.9 Å². The molecule has 2 N–H and O–H groups in total. The number of halogens is 2. The molecule has 0 saturated heterocycles. The normalized spacial score (nSPS) is 10.0. The number of nitriles is 1. The maximum Gasteiger partial charge on any atom is 0.183 e. The Kier molecular flexibility index (Phi) is 6.54. The fourth-order valence-electron chi connectivity index (χ4n) is 2.03. The third kappa shape index (κ3) is 5.06. The Balaban J connectivity index is 1.92. The number of nitrogens with one attached hydrogen (secondary N) is 2. The van der Waals surface area contributed by atoms with E-state index in [0.29, 0.717) is 6.61 Å². The Hall–Kier alpha value is -2.86. The second-order valence-corrected chi connectivity index (χ2v) is 5.20. The van der Waals surface area contributed by atoms with E-state index < -0.39 is 11.6 Å².